The molecule has 0 spiro atoms. The fraction of sp³-hybridized carbons (Fsp3) is 0.0455. The van der Waals surface area contributed by atoms with Gasteiger partial charge in [0.1, 0.15) is 11.6 Å². The Morgan fingerprint density at radius 1 is 1.07 bits per heavy atom. The highest BCUT2D eigenvalue weighted by molar-refractivity contribution is 9.10. The number of para-hydroxylation sites is 1. The van der Waals surface area contributed by atoms with E-state index >= 15 is 0 Å². The van der Waals surface area contributed by atoms with Gasteiger partial charge in [0.25, 0.3) is 11.8 Å². The van der Waals surface area contributed by atoms with Crippen LogP contribution in [0.25, 0.3) is 11.4 Å². The molecule has 0 aliphatic rings. The summed E-state index contributed by atoms with van der Waals surface area (Å²) in [4.78, 5) is 17.0. The van der Waals surface area contributed by atoms with Crippen LogP contribution in [0.3, 0.4) is 0 Å². The number of nitrogens with one attached hydrogen (secondary N) is 1. The number of carbonyl (C=O) groups excluding carboxylic acids is 1. The van der Waals surface area contributed by atoms with E-state index in [9.17, 15) is 9.18 Å². The summed E-state index contributed by atoms with van der Waals surface area (Å²) in [7, 11) is 0. The molecule has 1 amide bonds. The molecular weight excluding hydrogens is 453 g/mol. The smallest absolute Gasteiger partial charge is 0.264 e. The molecule has 0 aliphatic carbocycles. The lowest BCUT2D eigenvalue weighted by molar-refractivity contribution is 0.102. The highest BCUT2D eigenvalue weighted by atomic mass is 79.9. The highest BCUT2D eigenvalue weighted by Gasteiger charge is 2.15. The Morgan fingerprint density at radius 3 is 2.63 bits per heavy atom. The Bertz CT molecular complexity index is 1180. The molecule has 4 rings (SSSR count). The van der Waals surface area contributed by atoms with Gasteiger partial charge in [-0.1, -0.05) is 47.6 Å². The first kappa shape index (κ1) is 19.8. The lowest BCUT2D eigenvalue weighted by atomic mass is 10.2. The minimum Gasteiger partial charge on any atom is -0.483 e. The second-order valence-corrected chi connectivity index (χ2v) is 7.10. The lowest BCUT2D eigenvalue weighted by Crippen LogP contribution is -2.14. The van der Waals surface area contributed by atoms with E-state index in [4.69, 9.17) is 9.26 Å². The van der Waals surface area contributed by atoms with Crippen molar-refractivity contribution in [3.8, 4) is 17.1 Å². The van der Waals surface area contributed by atoms with E-state index in [2.05, 4.69) is 31.4 Å². The van der Waals surface area contributed by atoms with Crippen LogP contribution in [0.5, 0.6) is 5.75 Å². The Kier molecular flexibility index (Phi) is 5.85. The Balaban J connectivity index is 1.47. The van der Waals surface area contributed by atoms with Crippen LogP contribution in [-0.4, -0.2) is 16.0 Å². The number of carbonyl (C=O) groups is 1. The van der Waals surface area contributed by atoms with Crippen LogP contribution < -0.4 is 10.1 Å². The Hall–Kier alpha value is -3.52. The van der Waals surface area contributed by atoms with Gasteiger partial charge in [0.15, 0.2) is 6.61 Å². The molecule has 0 fully saturated rings. The van der Waals surface area contributed by atoms with E-state index in [0.717, 1.165) is 5.56 Å². The summed E-state index contributed by atoms with van der Waals surface area (Å²) in [5.74, 6) is 0.297. The van der Waals surface area contributed by atoms with Gasteiger partial charge in [-0.25, -0.2) is 4.39 Å². The molecule has 0 atom stereocenters. The zero-order chi connectivity index (χ0) is 20.9. The normalized spacial score (nSPS) is 10.6. The number of rotatable bonds is 6. The molecular formula is C22H15BrFN3O3. The van der Waals surface area contributed by atoms with Gasteiger partial charge in [0.2, 0.25) is 5.82 Å². The molecule has 0 aliphatic heterocycles. The molecule has 1 aromatic heterocycles. The second kappa shape index (κ2) is 8.87. The van der Waals surface area contributed by atoms with Crippen molar-refractivity contribution in [2.24, 2.45) is 0 Å². The third-order valence-corrected chi connectivity index (χ3v) is 4.82. The molecule has 4 aromatic rings. The van der Waals surface area contributed by atoms with Gasteiger partial charge in [-0.15, -0.1) is 0 Å². The Labute approximate surface area is 179 Å². The number of ether oxygens (including phenoxy) is 1. The number of anilines is 1. The summed E-state index contributed by atoms with van der Waals surface area (Å²) in [6.45, 7) is 0.00433. The minimum absolute atomic E-state index is 0.00433. The van der Waals surface area contributed by atoms with Crippen molar-refractivity contribution in [1.82, 2.24) is 10.1 Å². The number of halogens is 2. The lowest BCUT2D eigenvalue weighted by Gasteiger charge is -2.11. The van der Waals surface area contributed by atoms with Crippen molar-refractivity contribution in [1.29, 1.82) is 0 Å². The molecule has 0 radical (unpaired) electrons. The molecule has 0 saturated heterocycles. The average Bonchev–Trinajstić information content (AvgIpc) is 3.24. The third kappa shape index (κ3) is 4.55. The molecule has 8 heteroatoms. The molecule has 6 nitrogen and oxygen atoms in total. The maximum absolute atomic E-state index is 13.3. The van der Waals surface area contributed by atoms with Crippen molar-refractivity contribution in [3.05, 3.63) is 94.5 Å². The molecule has 1 N–H and O–H groups in total. The molecule has 1 heterocycles. The van der Waals surface area contributed by atoms with E-state index in [0.29, 0.717) is 27.3 Å². The van der Waals surface area contributed by atoms with Crippen LogP contribution in [-0.2, 0) is 6.61 Å². The molecule has 0 saturated carbocycles. The standard InChI is InChI=1S/C22H15BrFN3O3/c23-17-12-15(24)10-11-18(17)25-22(28)16-8-4-5-9-19(16)29-13-20-26-21(27-30-20)14-6-2-1-3-7-14/h1-12H,13H2,(H,25,28). The van der Waals surface area contributed by atoms with E-state index in [-0.39, 0.29) is 12.5 Å². The van der Waals surface area contributed by atoms with Crippen molar-refractivity contribution in [2.75, 3.05) is 5.32 Å². The molecule has 3 aromatic carbocycles. The molecule has 0 unspecified atom stereocenters. The van der Waals surface area contributed by atoms with Crippen LogP contribution >= 0.6 is 15.9 Å². The largest absolute Gasteiger partial charge is 0.483 e. The van der Waals surface area contributed by atoms with Gasteiger partial charge < -0.3 is 14.6 Å². The van der Waals surface area contributed by atoms with Crippen molar-refractivity contribution in [3.63, 3.8) is 0 Å². The zero-order valence-corrected chi connectivity index (χ0v) is 17.1. The van der Waals surface area contributed by atoms with Gasteiger partial charge in [-0.05, 0) is 46.3 Å². The second-order valence-electron chi connectivity index (χ2n) is 6.24. The fourth-order valence-electron chi connectivity index (χ4n) is 2.72. The predicted molar refractivity (Wildman–Crippen MR) is 113 cm³/mol. The summed E-state index contributed by atoms with van der Waals surface area (Å²) in [6, 6.07) is 20.2. The number of hydrogen-bond donors (Lipinski definition) is 1. The van der Waals surface area contributed by atoms with E-state index in [1.807, 2.05) is 30.3 Å². The monoisotopic (exact) mass is 467 g/mol. The van der Waals surface area contributed by atoms with E-state index in [1.54, 1.807) is 24.3 Å². The van der Waals surface area contributed by atoms with E-state index in [1.165, 1.54) is 18.2 Å². The zero-order valence-electron chi connectivity index (χ0n) is 15.5. The molecule has 150 valence electrons. The average molecular weight is 468 g/mol. The SMILES string of the molecule is O=C(Nc1ccc(F)cc1Br)c1ccccc1OCc1nc(-c2ccccc2)no1. The first-order valence-electron chi connectivity index (χ1n) is 8.96. The summed E-state index contributed by atoms with van der Waals surface area (Å²) < 4.78 is 24.7. The predicted octanol–water partition coefficient (Wildman–Crippen LogP) is 5.47. The maximum atomic E-state index is 13.3. The summed E-state index contributed by atoms with van der Waals surface area (Å²) in [5, 5.41) is 6.68. The van der Waals surface area contributed by atoms with Crippen molar-refractivity contribution >= 4 is 27.5 Å². The van der Waals surface area contributed by atoms with Crippen LogP contribution in [0.2, 0.25) is 0 Å². The van der Waals surface area contributed by atoms with Gasteiger partial charge >= 0.3 is 0 Å². The molecule has 0 bridgehead atoms. The first-order valence-corrected chi connectivity index (χ1v) is 9.76. The minimum atomic E-state index is -0.405. The van der Waals surface area contributed by atoms with E-state index < -0.39 is 11.7 Å². The topological polar surface area (TPSA) is 77.2 Å². The summed E-state index contributed by atoms with van der Waals surface area (Å²) >= 11 is 3.24. The van der Waals surface area contributed by atoms with Gasteiger partial charge in [-0.3, -0.25) is 4.79 Å². The Morgan fingerprint density at radius 2 is 1.83 bits per heavy atom. The number of hydrogen-bond acceptors (Lipinski definition) is 5. The van der Waals surface area contributed by atoms with Crippen LogP contribution in [0.4, 0.5) is 10.1 Å². The maximum Gasteiger partial charge on any atom is 0.264 e. The summed E-state index contributed by atoms with van der Waals surface area (Å²) in [5.41, 5.74) is 1.59. The number of benzene rings is 3. The van der Waals surface area contributed by atoms with Crippen molar-refractivity contribution < 1.29 is 18.4 Å². The van der Waals surface area contributed by atoms with Crippen molar-refractivity contribution in [2.45, 2.75) is 6.61 Å². The number of aromatic nitrogens is 2. The fourth-order valence-corrected chi connectivity index (χ4v) is 3.17. The third-order valence-electron chi connectivity index (χ3n) is 4.16. The molecule has 30 heavy (non-hydrogen) atoms. The van der Waals surface area contributed by atoms with Gasteiger partial charge in [-0.2, -0.15) is 4.98 Å². The highest BCUT2D eigenvalue weighted by Crippen LogP contribution is 2.26. The first-order chi connectivity index (χ1) is 14.6. The van der Waals surface area contributed by atoms with Gasteiger partial charge in [0.05, 0.1) is 11.3 Å². The summed E-state index contributed by atoms with van der Waals surface area (Å²) in [6.07, 6.45) is 0. The van der Waals surface area contributed by atoms with Crippen LogP contribution in [0, 0.1) is 5.82 Å². The van der Waals surface area contributed by atoms with Gasteiger partial charge in [0, 0.05) is 10.0 Å². The number of amides is 1. The number of nitrogens with zero attached hydrogens (tertiary/aromatic N) is 2. The van der Waals surface area contributed by atoms with Crippen LogP contribution in [0.15, 0.2) is 81.8 Å². The van der Waals surface area contributed by atoms with Crippen LogP contribution in [0.1, 0.15) is 16.2 Å². The quantitative estimate of drug-likeness (QED) is 0.406.